The summed E-state index contributed by atoms with van der Waals surface area (Å²) in [6.45, 7) is 1.06. The molecule has 204 valence electrons. The lowest BCUT2D eigenvalue weighted by atomic mass is 9.72. The third kappa shape index (κ3) is 5.52. The fourth-order valence-corrected chi connectivity index (χ4v) is 5.16. The molecule has 0 radical (unpaired) electrons. The van der Waals surface area contributed by atoms with E-state index in [1.165, 1.54) is 12.1 Å². The van der Waals surface area contributed by atoms with Crippen LogP contribution in [0.2, 0.25) is 0 Å². The van der Waals surface area contributed by atoms with E-state index in [2.05, 4.69) is 10.3 Å². The number of hydrogen-bond acceptors (Lipinski definition) is 5. The molecule has 2 heterocycles. The van der Waals surface area contributed by atoms with Gasteiger partial charge in [0.1, 0.15) is 0 Å². The number of carboxylic acid groups (broad SMARTS) is 1. The molecule has 2 fully saturated rings. The molecule has 2 amide bonds. The zero-order valence-corrected chi connectivity index (χ0v) is 20.8. The summed E-state index contributed by atoms with van der Waals surface area (Å²) in [7, 11) is 0. The van der Waals surface area contributed by atoms with Crippen molar-refractivity contribution in [2.24, 2.45) is 11.8 Å². The first-order valence-corrected chi connectivity index (χ1v) is 12.7. The standard InChI is InChI=1S/C28H26F3N3O5/c29-28(30,31)23-22(33-25(39-23)18-4-2-1-3-5-18)24(35)32-19-8-6-16(7-9-19)17-12-14-34(15-13-17)26(36)20-10-11-21(20)27(37)38/h1-9,17,20-21H,10-15H2,(H,32,35)(H,37,38). The summed E-state index contributed by atoms with van der Waals surface area (Å²) in [5.74, 6) is -4.68. The minimum Gasteiger partial charge on any atom is -0.481 e. The Morgan fingerprint density at radius 3 is 2.13 bits per heavy atom. The van der Waals surface area contributed by atoms with Crippen LogP contribution in [0.3, 0.4) is 0 Å². The van der Waals surface area contributed by atoms with Gasteiger partial charge in [-0.2, -0.15) is 13.2 Å². The van der Waals surface area contributed by atoms with Gasteiger partial charge in [-0.15, -0.1) is 0 Å². The quantitative estimate of drug-likeness (QED) is 0.430. The van der Waals surface area contributed by atoms with E-state index in [0.29, 0.717) is 50.0 Å². The lowest BCUT2D eigenvalue weighted by Gasteiger charge is -2.39. The fraction of sp³-hybridized carbons (Fsp3) is 0.357. The topological polar surface area (TPSA) is 113 Å². The Balaban J connectivity index is 1.22. The van der Waals surface area contributed by atoms with E-state index in [-0.39, 0.29) is 17.7 Å². The highest BCUT2D eigenvalue weighted by atomic mass is 19.4. The summed E-state index contributed by atoms with van der Waals surface area (Å²) in [5.41, 5.74) is 0.752. The van der Waals surface area contributed by atoms with Gasteiger partial charge in [-0.25, -0.2) is 4.98 Å². The van der Waals surface area contributed by atoms with Gasteiger partial charge in [0.2, 0.25) is 17.6 Å². The number of carbonyl (C=O) groups is 3. The SMILES string of the molecule is O=C(Nc1ccc(C2CCN(C(=O)C3CCC3C(=O)O)CC2)cc1)c1nc(-c2ccccc2)oc1C(F)(F)F. The Morgan fingerprint density at radius 1 is 0.923 bits per heavy atom. The lowest BCUT2D eigenvalue weighted by Crippen LogP contribution is -2.48. The number of carbonyl (C=O) groups excluding carboxylic acids is 2. The summed E-state index contributed by atoms with van der Waals surface area (Å²) in [4.78, 5) is 42.3. The van der Waals surface area contributed by atoms with Crippen molar-refractivity contribution < 1.29 is 37.1 Å². The molecule has 11 heteroatoms. The summed E-state index contributed by atoms with van der Waals surface area (Å²) >= 11 is 0. The molecule has 1 aromatic heterocycles. The van der Waals surface area contributed by atoms with Crippen molar-refractivity contribution >= 4 is 23.5 Å². The summed E-state index contributed by atoms with van der Waals surface area (Å²) in [6.07, 6.45) is -2.35. The van der Waals surface area contributed by atoms with Crippen LogP contribution in [0.4, 0.5) is 18.9 Å². The summed E-state index contributed by atoms with van der Waals surface area (Å²) in [5, 5.41) is 11.7. The first-order chi connectivity index (χ1) is 18.6. The number of benzene rings is 2. The van der Waals surface area contributed by atoms with Gasteiger partial charge in [-0.05, 0) is 61.4 Å². The highest BCUT2D eigenvalue weighted by Crippen LogP contribution is 2.38. The van der Waals surface area contributed by atoms with Gasteiger partial charge in [0.15, 0.2) is 5.69 Å². The number of likely N-dealkylation sites (tertiary alicyclic amines) is 1. The molecule has 1 saturated carbocycles. The second-order valence-corrected chi connectivity index (χ2v) is 9.86. The Labute approximate surface area is 221 Å². The third-order valence-corrected chi connectivity index (χ3v) is 7.48. The molecular weight excluding hydrogens is 515 g/mol. The van der Waals surface area contributed by atoms with Crippen molar-refractivity contribution in [2.75, 3.05) is 18.4 Å². The average molecular weight is 542 g/mol. The number of halogens is 3. The molecule has 1 aliphatic heterocycles. The predicted molar refractivity (Wildman–Crippen MR) is 134 cm³/mol. The molecule has 3 aromatic rings. The average Bonchev–Trinajstić information content (AvgIpc) is 3.36. The van der Waals surface area contributed by atoms with Gasteiger partial charge in [-0.3, -0.25) is 14.4 Å². The number of nitrogens with one attached hydrogen (secondary N) is 1. The molecule has 2 atom stereocenters. The summed E-state index contributed by atoms with van der Waals surface area (Å²) < 4.78 is 45.6. The lowest BCUT2D eigenvalue weighted by molar-refractivity contribution is -0.157. The molecule has 2 unspecified atom stereocenters. The number of carboxylic acids is 1. The first-order valence-electron chi connectivity index (χ1n) is 12.7. The van der Waals surface area contributed by atoms with Crippen molar-refractivity contribution in [2.45, 2.75) is 37.8 Å². The Morgan fingerprint density at radius 2 is 1.56 bits per heavy atom. The van der Waals surface area contributed by atoms with E-state index in [0.717, 1.165) is 5.56 Å². The van der Waals surface area contributed by atoms with E-state index < -0.39 is 41.3 Å². The molecule has 0 spiro atoms. The van der Waals surface area contributed by atoms with Crippen LogP contribution in [0.25, 0.3) is 11.5 Å². The second-order valence-electron chi connectivity index (χ2n) is 9.86. The monoisotopic (exact) mass is 541 g/mol. The van der Waals surface area contributed by atoms with Crippen molar-refractivity contribution in [3.63, 3.8) is 0 Å². The van der Waals surface area contributed by atoms with Crippen LogP contribution in [-0.2, 0) is 15.8 Å². The molecule has 2 aliphatic rings. The molecule has 0 bridgehead atoms. The normalized spacial score (nSPS) is 19.8. The Kier molecular flexibility index (Phi) is 7.16. The van der Waals surface area contributed by atoms with Crippen LogP contribution in [0.5, 0.6) is 0 Å². The maximum atomic E-state index is 13.6. The zero-order chi connectivity index (χ0) is 27.7. The molecule has 2 N–H and O–H groups in total. The van der Waals surface area contributed by atoms with Gasteiger partial charge in [0, 0.05) is 24.3 Å². The van der Waals surface area contributed by atoms with E-state index in [1.54, 1.807) is 47.4 Å². The number of nitrogens with zero attached hydrogens (tertiary/aromatic N) is 2. The molecule has 1 saturated heterocycles. The smallest absolute Gasteiger partial charge is 0.452 e. The number of rotatable bonds is 6. The number of amides is 2. The van der Waals surface area contributed by atoms with Crippen molar-refractivity contribution in [3.05, 3.63) is 71.6 Å². The van der Waals surface area contributed by atoms with Crippen LogP contribution in [0.15, 0.2) is 59.0 Å². The number of aliphatic carboxylic acids is 1. The number of anilines is 1. The Bertz CT molecular complexity index is 1360. The van der Waals surface area contributed by atoms with Gasteiger partial charge < -0.3 is 19.7 Å². The van der Waals surface area contributed by atoms with Crippen LogP contribution in [-0.4, -0.2) is 45.9 Å². The van der Waals surface area contributed by atoms with Crippen LogP contribution >= 0.6 is 0 Å². The van der Waals surface area contributed by atoms with Gasteiger partial charge in [0.25, 0.3) is 5.91 Å². The van der Waals surface area contributed by atoms with Gasteiger partial charge in [0.05, 0.1) is 11.8 Å². The first kappa shape index (κ1) is 26.5. The highest BCUT2D eigenvalue weighted by Gasteiger charge is 2.44. The molecule has 2 aromatic carbocycles. The van der Waals surface area contributed by atoms with Crippen LogP contribution in [0.1, 0.15) is 53.4 Å². The zero-order valence-electron chi connectivity index (χ0n) is 20.8. The maximum absolute atomic E-state index is 13.6. The minimum absolute atomic E-state index is 0.0911. The molecular formula is C28H26F3N3O5. The third-order valence-electron chi connectivity index (χ3n) is 7.48. The Hall–Kier alpha value is -4.15. The highest BCUT2D eigenvalue weighted by molar-refractivity contribution is 6.04. The van der Waals surface area contributed by atoms with E-state index in [1.807, 2.05) is 0 Å². The summed E-state index contributed by atoms with van der Waals surface area (Å²) in [6, 6.07) is 14.8. The minimum atomic E-state index is -4.90. The molecule has 1 aliphatic carbocycles. The van der Waals surface area contributed by atoms with E-state index >= 15 is 0 Å². The van der Waals surface area contributed by atoms with E-state index in [4.69, 9.17) is 4.42 Å². The number of piperidine rings is 1. The van der Waals surface area contributed by atoms with Crippen molar-refractivity contribution in [1.82, 2.24) is 9.88 Å². The van der Waals surface area contributed by atoms with Crippen LogP contribution < -0.4 is 5.32 Å². The number of alkyl halides is 3. The number of hydrogen-bond donors (Lipinski definition) is 2. The van der Waals surface area contributed by atoms with Crippen LogP contribution in [0, 0.1) is 11.8 Å². The van der Waals surface area contributed by atoms with Gasteiger partial charge in [-0.1, -0.05) is 30.3 Å². The molecule has 39 heavy (non-hydrogen) atoms. The predicted octanol–water partition coefficient (Wildman–Crippen LogP) is 5.43. The molecule has 8 nitrogen and oxygen atoms in total. The largest absolute Gasteiger partial charge is 0.481 e. The van der Waals surface area contributed by atoms with Crippen molar-refractivity contribution in [3.8, 4) is 11.5 Å². The van der Waals surface area contributed by atoms with Crippen molar-refractivity contribution in [1.29, 1.82) is 0 Å². The number of aromatic nitrogens is 1. The van der Waals surface area contributed by atoms with Gasteiger partial charge >= 0.3 is 12.1 Å². The fourth-order valence-electron chi connectivity index (χ4n) is 5.16. The number of oxazole rings is 1. The second kappa shape index (κ2) is 10.5. The molecule has 5 rings (SSSR count). The van der Waals surface area contributed by atoms with E-state index in [9.17, 15) is 32.7 Å². The maximum Gasteiger partial charge on any atom is 0.452 e.